The second-order valence-corrected chi connectivity index (χ2v) is 15.0. The third-order valence-corrected chi connectivity index (χ3v) is 11.7. The summed E-state index contributed by atoms with van der Waals surface area (Å²) in [4.78, 5) is 15.2. The van der Waals surface area contributed by atoms with E-state index in [1.165, 1.54) is 25.7 Å². The Hall–Kier alpha value is -7.21. The molecule has 0 fully saturated rings. The summed E-state index contributed by atoms with van der Waals surface area (Å²) in [6, 6.07) is 65.6. The molecule has 0 radical (unpaired) electrons. The zero-order chi connectivity index (χ0) is 37.0. The van der Waals surface area contributed by atoms with Gasteiger partial charge < -0.3 is 4.42 Å². The first-order valence-electron chi connectivity index (χ1n) is 18.7. The van der Waals surface area contributed by atoms with Gasteiger partial charge in [0.15, 0.2) is 17.5 Å². The fourth-order valence-corrected chi connectivity index (χ4v) is 9.12. The fraction of sp³-hybridized carbons (Fsp3) is 0. The highest BCUT2D eigenvalue weighted by atomic mass is 32.1. The van der Waals surface area contributed by atoms with Crippen molar-refractivity contribution in [1.82, 2.24) is 15.0 Å². The SMILES string of the molecule is c1ccc(-c2cccc(-c3nc(-c4ccccc4)nc(-c4ccc5c(c4)sc4c(-c6cc(-c7ccccc7)c7c(c6)oc6ccccc67)cccc45)n3)c2)cc1. The maximum Gasteiger partial charge on any atom is 0.164 e. The number of benzene rings is 8. The molecule has 0 amide bonds. The topological polar surface area (TPSA) is 51.8 Å². The van der Waals surface area contributed by atoms with Crippen LogP contribution in [0.2, 0.25) is 0 Å². The van der Waals surface area contributed by atoms with Crippen LogP contribution in [0, 0.1) is 0 Å². The number of aromatic nitrogens is 3. The standard InChI is InChI=1S/C51H31N3OS/c1-4-14-32(15-5-1)35-20-12-21-36(28-35)50-52-49(34-18-8-3-9-19-34)53-51(54-50)37-26-27-40-41-24-13-23-39(48(41)56-46(40)31-37)38-29-43(33-16-6-2-7-17-33)47-42-22-10-11-25-44(42)55-45(47)30-38/h1-31H. The van der Waals surface area contributed by atoms with Crippen LogP contribution in [0.15, 0.2) is 192 Å². The summed E-state index contributed by atoms with van der Waals surface area (Å²) in [7, 11) is 0. The summed E-state index contributed by atoms with van der Waals surface area (Å²) >= 11 is 1.80. The van der Waals surface area contributed by atoms with Crippen LogP contribution in [0.25, 0.3) is 110 Å². The van der Waals surface area contributed by atoms with Gasteiger partial charge in [-0.25, -0.2) is 15.0 Å². The zero-order valence-electron chi connectivity index (χ0n) is 30.1. The van der Waals surface area contributed by atoms with Gasteiger partial charge in [0.05, 0.1) is 0 Å². The maximum atomic E-state index is 6.51. The average Bonchev–Trinajstić information content (AvgIpc) is 3.85. The lowest BCUT2D eigenvalue weighted by molar-refractivity contribution is 0.669. The van der Waals surface area contributed by atoms with E-state index in [0.717, 1.165) is 66.4 Å². The molecule has 0 aliphatic rings. The predicted octanol–water partition coefficient (Wildman–Crippen LogP) is 14.1. The first-order valence-corrected chi connectivity index (χ1v) is 19.5. The normalized spacial score (nSPS) is 11.6. The van der Waals surface area contributed by atoms with Crippen molar-refractivity contribution < 1.29 is 4.42 Å². The molecule has 11 aromatic rings. The summed E-state index contributed by atoms with van der Waals surface area (Å²) in [6.07, 6.45) is 0. The van der Waals surface area contributed by atoms with Crippen LogP contribution in [0.4, 0.5) is 0 Å². The quantitative estimate of drug-likeness (QED) is 0.171. The Morgan fingerprint density at radius 2 is 0.929 bits per heavy atom. The van der Waals surface area contributed by atoms with E-state index in [1.54, 1.807) is 11.3 Å². The van der Waals surface area contributed by atoms with Crippen LogP contribution in [-0.4, -0.2) is 15.0 Å². The molecular weight excluding hydrogens is 703 g/mol. The maximum absolute atomic E-state index is 6.51. The molecule has 3 heterocycles. The molecule has 56 heavy (non-hydrogen) atoms. The van der Waals surface area contributed by atoms with Crippen molar-refractivity contribution in [2.24, 2.45) is 0 Å². The first-order chi connectivity index (χ1) is 27.7. The Balaban J connectivity index is 1.06. The van der Waals surface area contributed by atoms with Gasteiger partial charge in [0.25, 0.3) is 0 Å². The highest BCUT2D eigenvalue weighted by molar-refractivity contribution is 7.26. The molecular formula is C51H31N3OS. The van der Waals surface area contributed by atoms with Crippen molar-refractivity contribution in [3.05, 3.63) is 188 Å². The Labute approximate surface area is 327 Å². The van der Waals surface area contributed by atoms with Crippen LogP contribution >= 0.6 is 11.3 Å². The van der Waals surface area contributed by atoms with E-state index in [2.05, 4.69) is 140 Å². The number of hydrogen-bond donors (Lipinski definition) is 0. The van der Waals surface area contributed by atoms with Crippen LogP contribution in [0.5, 0.6) is 0 Å². The molecule has 0 bridgehead atoms. The Morgan fingerprint density at radius 3 is 1.70 bits per heavy atom. The molecule has 0 saturated heterocycles. The number of furan rings is 1. The highest BCUT2D eigenvalue weighted by Gasteiger charge is 2.19. The van der Waals surface area contributed by atoms with Crippen molar-refractivity contribution in [3.8, 4) is 67.5 Å². The third kappa shape index (κ3) is 5.56. The van der Waals surface area contributed by atoms with E-state index >= 15 is 0 Å². The van der Waals surface area contributed by atoms with E-state index in [4.69, 9.17) is 19.4 Å². The minimum Gasteiger partial charge on any atom is -0.456 e. The summed E-state index contributed by atoms with van der Waals surface area (Å²) < 4.78 is 8.91. The molecule has 0 aliphatic carbocycles. The van der Waals surface area contributed by atoms with E-state index in [1.807, 2.05) is 48.5 Å². The number of hydrogen-bond acceptors (Lipinski definition) is 5. The fourth-order valence-electron chi connectivity index (χ4n) is 7.84. The Bertz CT molecular complexity index is 3240. The van der Waals surface area contributed by atoms with Crippen LogP contribution in [0.1, 0.15) is 0 Å². The van der Waals surface area contributed by atoms with Crippen LogP contribution in [0.3, 0.4) is 0 Å². The van der Waals surface area contributed by atoms with Gasteiger partial charge in [-0.3, -0.25) is 0 Å². The molecule has 262 valence electrons. The summed E-state index contributed by atoms with van der Waals surface area (Å²) in [6.45, 7) is 0. The zero-order valence-corrected chi connectivity index (χ0v) is 30.9. The van der Waals surface area contributed by atoms with Gasteiger partial charge in [0.1, 0.15) is 11.2 Å². The summed E-state index contributed by atoms with van der Waals surface area (Å²) in [5.41, 5.74) is 11.5. The molecule has 5 heteroatoms. The number of fused-ring (bicyclic) bond motifs is 6. The van der Waals surface area contributed by atoms with E-state index in [9.17, 15) is 0 Å². The summed E-state index contributed by atoms with van der Waals surface area (Å²) in [5.74, 6) is 1.92. The molecule has 0 atom stereocenters. The van der Waals surface area contributed by atoms with Gasteiger partial charge in [-0.05, 0) is 63.7 Å². The van der Waals surface area contributed by atoms with E-state index < -0.39 is 0 Å². The van der Waals surface area contributed by atoms with Crippen LogP contribution in [-0.2, 0) is 0 Å². The second-order valence-electron chi connectivity index (χ2n) is 14.0. The van der Waals surface area contributed by atoms with Gasteiger partial charge >= 0.3 is 0 Å². The Morgan fingerprint density at radius 1 is 0.339 bits per heavy atom. The molecule has 11 rings (SSSR count). The molecule has 0 unspecified atom stereocenters. The van der Waals surface area contributed by atoms with Crippen molar-refractivity contribution in [1.29, 1.82) is 0 Å². The van der Waals surface area contributed by atoms with Crippen molar-refractivity contribution in [2.75, 3.05) is 0 Å². The van der Waals surface area contributed by atoms with Gasteiger partial charge in [0.2, 0.25) is 0 Å². The van der Waals surface area contributed by atoms with Crippen molar-refractivity contribution in [2.45, 2.75) is 0 Å². The van der Waals surface area contributed by atoms with Crippen LogP contribution < -0.4 is 0 Å². The number of nitrogens with zero attached hydrogens (tertiary/aromatic N) is 3. The Kier molecular flexibility index (Phi) is 7.64. The smallest absolute Gasteiger partial charge is 0.164 e. The van der Waals surface area contributed by atoms with E-state index in [-0.39, 0.29) is 0 Å². The molecule has 0 spiro atoms. The molecule has 8 aromatic carbocycles. The van der Waals surface area contributed by atoms with E-state index in [0.29, 0.717) is 17.5 Å². The number of para-hydroxylation sites is 1. The van der Waals surface area contributed by atoms with Gasteiger partial charge in [0, 0.05) is 47.6 Å². The predicted molar refractivity (Wildman–Crippen MR) is 233 cm³/mol. The largest absolute Gasteiger partial charge is 0.456 e. The number of thiophene rings is 1. The number of rotatable bonds is 6. The van der Waals surface area contributed by atoms with Crippen molar-refractivity contribution >= 4 is 53.4 Å². The lowest BCUT2D eigenvalue weighted by Gasteiger charge is -2.10. The molecule has 4 nitrogen and oxygen atoms in total. The molecule has 0 saturated carbocycles. The molecule has 3 aromatic heterocycles. The monoisotopic (exact) mass is 733 g/mol. The van der Waals surface area contributed by atoms with Gasteiger partial charge in [-0.15, -0.1) is 11.3 Å². The molecule has 0 aliphatic heterocycles. The lowest BCUT2D eigenvalue weighted by Crippen LogP contribution is -2.00. The second kappa shape index (κ2) is 13.3. The minimum absolute atomic E-state index is 0.639. The van der Waals surface area contributed by atoms with Gasteiger partial charge in [-0.2, -0.15) is 0 Å². The minimum atomic E-state index is 0.639. The lowest BCUT2D eigenvalue weighted by atomic mass is 9.94. The van der Waals surface area contributed by atoms with Crippen molar-refractivity contribution in [3.63, 3.8) is 0 Å². The van der Waals surface area contributed by atoms with Gasteiger partial charge in [-0.1, -0.05) is 158 Å². The molecule has 0 N–H and O–H groups in total. The summed E-state index contributed by atoms with van der Waals surface area (Å²) in [5, 5.41) is 4.69. The average molecular weight is 734 g/mol. The third-order valence-electron chi connectivity index (χ3n) is 10.5. The first kappa shape index (κ1) is 32.2. The highest BCUT2D eigenvalue weighted by Crippen LogP contribution is 2.45.